The van der Waals surface area contributed by atoms with Crippen molar-refractivity contribution in [3.05, 3.63) is 56.2 Å². The minimum absolute atomic E-state index is 0.0250. The summed E-state index contributed by atoms with van der Waals surface area (Å²) in [6.07, 6.45) is 1.32. The number of amidine groups is 1. The first-order valence-electron chi connectivity index (χ1n) is 8.33. The van der Waals surface area contributed by atoms with Crippen molar-refractivity contribution in [3.8, 4) is 0 Å². The highest BCUT2D eigenvalue weighted by molar-refractivity contribution is 9.10. The van der Waals surface area contributed by atoms with Crippen LogP contribution in [0.15, 0.2) is 38.7 Å². The highest BCUT2D eigenvalue weighted by Crippen LogP contribution is 2.28. The zero-order chi connectivity index (χ0) is 22.1. The van der Waals surface area contributed by atoms with Crippen LogP contribution in [0, 0.1) is 15.9 Å². The summed E-state index contributed by atoms with van der Waals surface area (Å²) in [4.78, 5) is 19.9. The number of imidazole rings is 1. The molecule has 14 heteroatoms. The third kappa shape index (κ3) is 4.22. The van der Waals surface area contributed by atoms with Gasteiger partial charge in [-0.3, -0.25) is 0 Å². The van der Waals surface area contributed by atoms with Crippen LogP contribution in [0.5, 0.6) is 0 Å². The van der Waals surface area contributed by atoms with Crippen LogP contribution < -0.4 is 11.1 Å². The lowest BCUT2D eigenvalue weighted by Gasteiger charge is -2.21. The average molecular weight is 483 g/mol. The summed E-state index contributed by atoms with van der Waals surface area (Å²) in [6.45, 7) is 3.29. The molecule has 2 heterocycles. The van der Waals surface area contributed by atoms with Gasteiger partial charge in [0.15, 0.2) is 22.8 Å². The van der Waals surface area contributed by atoms with E-state index in [0.717, 1.165) is 0 Å². The molecule has 0 spiro atoms. The molecule has 1 aromatic carbocycles. The first-order chi connectivity index (χ1) is 14.1. The van der Waals surface area contributed by atoms with Crippen LogP contribution in [-0.2, 0) is 17.5 Å². The van der Waals surface area contributed by atoms with Crippen LogP contribution in [-0.4, -0.2) is 30.6 Å². The maximum atomic E-state index is 13.5. The Bertz CT molecular complexity index is 1130. The molecule has 3 N–H and O–H groups in total. The summed E-state index contributed by atoms with van der Waals surface area (Å²) in [5.74, 6) is -0.820. The number of anilines is 2. The summed E-state index contributed by atoms with van der Waals surface area (Å²) in [6, 6.07) is 4.19. The molecular formula is C16H16BrFN8O4. The van der Waals surface area contributed by atoms with Crippen molar-refractivity contribution in [1.29, 1.82) is 0 Å². The fourth-order valence-corrected chi connectivity index (χ4v) is 2.91. The molecule has 0 saturated carbocycles. The van der Waals surface area contributed by atoms with Gasteiger partial charge in [0.1, 0.15) is 12.0 Å². The van der Waals surface area contributed by atoms with Crippen LogP contribution >= 0.6 is 15.9 Å². The monoisotopic (exact) mass is 482 g/mol. The highest BCUT2D eigenvalue weighted by atomic mass is 79.9. The van der Waals surface area contributed by atoms with E-state index >= 15 is 0 Å². The molecule has 0 aliphatic rings. The van der Waals surface area contributed by atoms with Crippen LogP contribution in [0.4, 0.5) is 21.8 Å². The Kier molecular flexibility index (Phi) is 5.69. The molecule has 3 rings (SSSR count). The third-order valence-corrected chi connectivity index (χ3v) is 4.64. The van der Waals surface area contributed by atoms with Gasteiger partial charge >= 0.3 is 5.95 Å². The molecule has 30 heavy (non-hydrogen) atoms. The van der Waals surface area contributed by atoms with E-state index in [1.165, 1.54) is 36.0 Å². The molecule has 12 nitrogen and oxygen atoms in total. The van der Waals surface area contributed by atoms with Crippen LogP contribution in [0.1, 0.15) is 25.2 Å². The van der Waals surface area contributed by atoms with Crippen molar-refractivity contribution in [3.63, 3.8) is 0 Å². The van der Waals surface area contributed by atoms with Gasteiger partial charge in [-0.1, -0.05) is 10.1 Å². The minimum Gasteiger partial charge on any atom is -0.390 e. The number of oxime groups is 1. The van der Waals surface area contributed by atoms with Crippen LogP contribution in [0.25, 0.3) is 0 Å². The van der Waals surface area contributed by atoms with Crippen LogP contribution in [0.2, 0.25) is 0 Å². The lowest BCUT2D eigenvalue weighted by Crippen LogP contribution is -2.25. The van der Waals surface area contributed by atoms with Gasteiger partial charge in [0.25, 0.3) is 0 Å². The lowest BCUT2D eigenvalue weighted by molar-refractivity contribution is -0.396. The summed E-state index contributed by atoms with van der Waals surface area (Å²) >= 11 is 3.10. The van der Waals surface area contributed by atoms with Gasteiger partial charge in [-0.05, 0) is 63.2 Å². The topological polar surface area (TPSA) is 160 Å². The van der Waals surface area contributed by atoms with Crippen molar-refractivity contribution >= 4 is 39.2 Å². The Hall–Kier alpha value is -3.55. The molecule has 0 bridgehead atoms. The van der Waals surface area contributed by atoms with Crippen molar-refractivity contribution < 1.29 is 18.8 Å². The predicted molar refractivity (Wildman–Crippen MR) is 107 cm³/mol. The van der Waals surface area contributed by atoms with E-state index in [1.54, 1.807) is 13.8 Å². The van der Waals surface area contributed by atoms with E-state index in [4.69, 9.17) is 10.6 Å². The fourth-order valence-electron chi connectivity index (χ4n) is 2.53. The average Bonchev–Trinajstić information content (AvgIpc) is 3.27. The standard InChI is InChI=1S/C16H16BrFN8O4/c1-16(2,11-7-20-15(25(11)3)26(27)28)29-24-14(12-13(19)23-30-22-12)21-8-4-5-10(18)9(17)6-8/h4-7H,1-3H3,(H2,19,23)(H,21,24). The Morgan fingerprint density at radius 1 is 1.47 bits per heavy atom. The number of nitrogens with two attached hydrogens (primary N) is 1. The zero-order valence-electron chi connectivity index (χ0n) is 16.0. The Morgan fingerprint density at radius 3 is 2.77 bits per heavy atom. The molecule has 2 aromatic heterocycles. The normalized spacial score (nSPS) is 12.1. The van der Waals surface area contributed by atoms with Crippen molar-refractivity contribution in [2.75, 3.05) is 11.1 Å². The van der Waals surface area contributed by atoms with Gasteiger partial charge in [-0.2, -0.15) is 0 Å². The molecule has 0 radical (unpaired) electrons. The number of nitrogen functional groups attached to an aromatic ring is 1. The van der Waals surface area contributed by atoms with Gasteiger partial charge in [-0.25, -0.2) is 13.6 Å². The van der Waals surface area contributed by atoms with Crippen molar-refractivity contribution in [2.45, 2.75) is 19.4 Å². The summed E-state index contributed by atoms with van der Waals surface area (Å²) in [5, 5.41) is 25.2. The number of nitro groups is 1. The minimum atomic E-state index is -1.13. The molecule has 3 aromatic rings. The molecule has 0 aliphatic heterocycles. The predicted octanol–water partition coefficient (Wildman–Crippen LogP) is 2.92. The van der Waals surface area contributed by atoms with E-state index in [-0.39, 0.29) is 27.8 Å². The van der Waals surface area contributed by atoms with Gasteiger partial charge in [-0.15, -0.1) is 0 Å². The van der Waals surface area contributed by atoms with Crippen molar-refractivity contribution in [1.82, 2.24) is 19.9 Å². The molecule has 0 amide bonds. The number of rotatable bonds is 6. The summed E-state index contributed by atoms with van der Waals surface area (Å²) in [5.41, 5.74) is 5.53. The maximum Gasteiger partial charge on any atom is 0.434 e. The number of hydrogen-bond donors (Lipinski definition) is 2. The zero-order valence-corrected chi connectivity index (χ0v) is 17.5. The van der Waals surface area contributed by atoms with Crippen molar-refractivity contribution in [2.24, 2.45) is 12.2 Å². The van der Waals surface area contributed by atoms with Gasteiger partial charge in [0.05, 0.1) is 11.5 Å². The molecule has 0 atom stereocenters. The largest absolute Gasteiger partial charge is 0.434 e. The van der Waals surface area contributed by atoms with Gasteiger partial charge in [0, 0.05) is 5.69 Å². The van der Waals surface area contributed by atoms with Gasteiger partial charge in [0.2, 0.25) is 5.84 Å². The van der Waals surface area contributed by atoms with E-state index in [2.05, 4.69) is 46.3 Å². The first-order valence-corrected chi connectivity index (χ1v) is 9.12. The Balaban J connectivity index is 1.94. The molecule has 0 aliphatic carbocycles. The quantitative estimate of drug-likeness (QED) is 0.233. The second kappa shape index (κ2) is 8.06. The molecule has 158 valence electrons. The number of aromatic nitrogens is 4. The summed E-state index contributed by atoms with van der Waals surface area (Å²) < 4.78 is 19.6. The van der Waals surface area contributed by atoms with E-state index in [9.17, 15) is 14.5 Å². The number of hydrogen-bond acceptors (Lipinski definition) is 9. The van der Waals surface area contributed by atoms with E-state index in [0.29, 0.717) is 11.4 Å². The third-order valence-electron chi connectivity index (χ3n) is 4.03. The lowest BCUT2D eigenvalue weighted by atomic mass is 10.1. The maximum absolute atomic E-state index is 13.5. The van der Waals surface area contributed by atoms with E-state index < -0.39 is 16.3 Å². The molecular weight excluding hydrogens is 467 g/mol. The number of nitrogens with one attached hydrogen (secondary N) is 1. The summed E-state index contributed by atoms with van der Waals surface area (Å²) in [7, 11) is 1.49. The molecule has 0 unspecified atom stereocenters. The second-order valence-corrected chi connectivity index (χ2v) is 7.41. The van der Waals surface area contributed by atoms with E-state index in [1.807, 2.05) is 0 Å². The number of benzene rings is 1. The second-order valence-electron chi connectivity index (χ2n) is 6.55. The number of nitrogens with zero attached hydrogens (tertiary/aromatic N) is 6. The number of halogens is 2. The molecule has 0 saturated heterocycles. The smallest absolute Gasteiger partial charge is 0.390 e. The van der Waals surface area contributed by atoms with Gasteiger partial charge < -0.3 is 26.0 Å². The first kappa shape index (κ1) is 21.2. The molecule has 0 fully saturated rings. The Labute approximate surface area is 177 Å². The Morgan fingerprint density at radius 2 is 2.20 bits per heavy atom. The SMILES string of the molecule is Cn1c(C(C)(C)O/N=C(\Nc2ccc(F)c(Br)c2)c2nonc2N)cnc1[N+](=O)[O-]. The fraction of sp³-hybridized carbons (Fsp3) is 0.250. The van der Waals surface area contributed by atoms with Crippen LogP contribution in [0.3, 0.4) is 0 Å². The highest BCUT2D eigenvalue weighted by Gasteiger charge is 2.33.